The van der Waals surface area contributed by atoms with Gasteiger partial charge in [-0.2, -0.15) is 0 Å². The van der Waals surface area contributed by atoms with Crippen molar-refractivity contribution in [2.24, 2.45) is 4.99 Å². The van der Waals surface area contributed by atoms with Crippen LogP contribution in [-0.2, 0) is 0 Å². The van der Waals surface area contributed by atoms with Gasteiger partial charge in [0.1, 0.15) is 23.1 Å². The van der Waals surface area contributed by atoms with Crippen LogP contribution in [0.3, 0.4) is 0 Å². The molecule has 1 fully saturated rings. The average molecular weight is 420 g/mol. The standard InChI is InChI=1S/C22H16N2O5S/c1-28-16-8-6-15(7-9-16)23-20-19(30-22(27)24-20)12-17-10-11-18(29-17)13-2-4-14(5-3-13)21(25)26/h2-12H,1H3,(H,25,26)(H,23,24,27)/b19-12-. The Morgan fingerprint density at radius 2 is 1.83 bits per heavy atom. The van der Waals surface area contributed by atoms with E-state index in [0.717, 1.165) is 23.1 Å². The van der Waals surface area contributed by atoms with E-state index in [1.54, 1.807) is 61.7 Å². The zero-order valence-corrected chi connectivity index (χ0v) is 16.6. The van der Waals surface area contributed by atoms with Crippen molar-refractivity contribution in [1.29, 1.82) is 0 Å². The lowest BCUT2D eigenvalue weighted by molar-refractivity contribution is 0.0697. The van der Waals surface area contributed by atoms with Crippen molar-refractivity contribution in [2.45, 2.75) is 0 Å². The van der Waals surface area contributed by atoms with Gasteiger partial charge in [-0.1, -0.05) is 12.1 Å². The molecule has 1 aliphatic rings. The lowest BCUT2D eigenvalue weighted by atomic mass is 10.1. The molecule has 1 saturated heterocycles. The van der Waals surface area contributed by atoms with Gasteiger partial charge in [-0.15, -0.1) is 0 Å². The third-order valence-corrected chi connectivity index (χ3v) is 5.10. The molecular formula is C22H16N2O5S. The van der Waals surface area contributed by atoms with Gasteiger partial charge in [-0.05, 0) is 66.4 Å². The molecule has 0 unspecified atom stereocenters. The fourth-order valence-corrected chi connectivity index (χ4v) is 3.51. The van der Waals surface area contributed by atoms with Crippen LogP contribution in [0.1, 0.15) is 16.1 Å². The van der Waals surface area contributed by atoms with Crippen LogP contribution in [0.2, 0.25) is 0 Å². The number of aromatic carboxylic acids is 1. The molecule has 1 aliphatic heterocycles. The van der Waals surface area contributed by atoms with Gasteiger partial charge in [0, 0.05) is 5.56 Å². The normalized spacial score (nSPS) is 16.1. The van der Waals surface area contributed by atoms with E-state index in [0.29, 0.717) is 27.9 Å². The van der Waals surface area contributed by atoms with Crippen molar-refractivity contribution in [3.63, 3.8) is 0 Å². The number of nitrogens with zero attached hydrogens (tertiary/aromatic N) is 1. The van der Waals surface area contributed by atoms with E-state index in [4.69, 9.17) is 14.3 Å². The molecule has 2 N–H and O–H groups in total. The number of hydrogen-bond acceptors (Lipinski definition) is 6. The van der Waals surface area contributed by atoms with Crippen LogP contribution >= 0.6 is 11.8 Å². The summed E-state index contributed by atoms with van der Waals surface area (Å²) in [5, 5.41) is 11.5. The molecule has 0 radical (unpaired) electrons. The maximum atomic E-state index is 11.9. The van der Waals surface area contributed by atoms with Crippen molar-refractivity contribution in [3.05, 3.63) is 76.9 Å². The maximum absolute atomic E-state index is 11.9. The molecule has 1 amide bonds. The average Bonchev–Trinajstić information content (AvgIpc) is 3.35. The molecule has 2 aromatic carbocycles. The van der Waals surface area contributed by atoms with E-state index in [9.17, 15) is 9.59 Å². The predicted molar refractivity (Wildman–Crippen MR) is 115 cm³/mol. The zero-order chi connectivity index (χ0) is 21.1. The summed E-state index contributed by atoms with van der Waals surface area (Å²) in [6.45, 7) is 0. The summed E-state index contributed by atoms with van der Waals surface area (Å²) in [5.74, 6) is 1.33. The number of furan rings is 1. The Morgan fingerprint density at radius 3 is 2.50 bits per heavy atom. The highest BCUT2D eigenvalue weighted by atomic mass is 32.2. The number of nitrogens with one attached hydrogen (secondary N) is 1. The van der Waals surface area contributed by atoms with E-state index < -0.39 is 5.97 Å². The Labute approximate surface area is 176 Å². The highest BCUT2D eigenvalue weighted by Gasteiger charge is 2.24. The molecule has 0 spiro atoms. The molecule has 1 aromatic heterocycles. The Bertz CT molecular complexity index is 1160. The first-order valence-electron chi connectivity index (χ1n) is 8.89. The molecule has 0 atom stereocenters. The monoisotopic (exact) mass is 420 g/mol. The second-order valence-electron chi connectivity index (χ2n) is 6.27. The molecular weight excluding hydrogens is 404 g/mol. The zero-order valence-electron chi connectivity index (χ0n) is 15.8. The summed E-state index contributed by atoms with van der Waals surface area (Å²) in [6.07, 6.45) is 1.74. The summed E-state index contributed by atoms with van der Waals surface area (Å²) < 4.78 is 11.0. The maximum Gasteiger partial charge on any atom is 0.335 e. The number of hydrogen-bond donors (Lipinski definition) is 2. The fourth-order valence-electron chi connectivity index (χ4n) is 2.79. The van der Waals surface area contributed by atoms with E-state index in [1.807, 2.05) is 0 Å². The molecule has 0 bridgehead atoms. The molecule has 4 rings (SSSR count). The summed E-state index contributed by atoms with van der Waals surface area (Å²) in [5.41, 5.74) is 1.64. The third-order valence-electron chi connectivity index (χ3n) is 4.29. The number of aliphatic imine (C=N–C) groups is 1. The van der Waals surface area contributed by atoms with Gasteiger partial charge >= 0.3 is 5.97 Å². The first-order valence-corrected chi connectivity index (χ1v) is 9.71. The van der Waals surface area contributed by atoms with Gasteiger partial charge in [0.25, 0.3) is 5.24 Å². The summed E-state index contributed by atoms with van der Waals surface area (Å²) in [7, 11) is 1.59. The van der Waals surface area contributed by atoms with Crippen molar-refractivity contribution >= 4 is 40.6 Å². The summed E-state index contributed by atoms with van der Waals surface area (Å²) >= 11 is 1.04. The molecule has 2 heterocycles. The fraction of sp³-hybridized carbons (Fsp3) is 0.0455. The Balaban J connectivity index is 1.59. The number of carbonyl (C=O) groups is 2. The summed E-state index contributed by atoms with van der Waals surface area (Å²) in [4.78, 5) is 28.0. The first-order chi connectivity index (χ1) is 14.5. The molecule has 0 aliphatic carbocycles. The van der Waals surface area contributed by atoms with E-state index in [2.05, 4.69) is 10.3 Å². The summed E-state index contributed by atoms with van der Waals surface area (Å²) in [6, 6.07) is 17.2. The largest absolute Gasteiger partial charge is 0.497 e. The van der Waals surface area contributed by atoms with E-state index in [-0.39, 0.29) is 10.8 Å². The number of thioether (sulfide) groups is 1. The number of rotatable bonds is 5. The van der Waals surface area contributed by atoms with Crippen LogP contribution in [0, 0.1) is 0 Å². The van der Waals surface area contributed by atoms with Gasteiger partial charge in [0.15, 0.2) is 0 Å². The molecule has 7 nitrogen and oxygen atoms in total. The Hall–Kier alpha value is -3.78. The van der Waals surface area contributed by atoms with Crippen molar-refractivity contribution in [1.82, 2.24) is 5.32 Å². The van der Waals surface area contributed by atoms with E-state index >= 15 is 0 Å². The number of carboxylic acids is 1. The van der Waals surface area contributed by atoms with Crippen molar-refractivity contribution < 1.29 is 23.8 Å². The molecule has 8 heteroatoms. The number of benzene rings is 2. The molecule has 150 valence electrons. The lowest BCUT2D eigenvalue weighted by Gasteiger charge is -2.01. The van der Waals surface area contributed by atoms with Crippen molar-refractivity contribution in [3.8, 4) is 17.1 Å². The minimum atomic E-state index is -0.981. The number of methoxy groups -OCH3 is 1. The van der Waals surface area contributed by atoms with Crippen LogP contribution < -0.4 is 10.1 Å². The number of carbonyl (C=O) groups excluding carboxylic acids is 1. The molecule has 3 aromatic rings. The number of ether oxygens (including phenoxy) is 1. The third kappa shape index (κ3) is 4.28. The smallest absolute Gasteiger partial charge is 0.335 e. The SMILES string of the molecule is COc1ccc(N=C2NC(=O)S/C2=C\c2ccc(-c3ccc(C(=O)O)cc3)o2)cc1. The Morgan fingerprint density at radius 1 is 1.10 bits per heavy atom. The van der Waals surface area contributed by atoms with E-state index in [1.165, 1.54) is 12.1 Å². The van der Waals surface area contributed by atoms with Crippen LogP contribution in [0.4, 0.5) is 10.5 Å². The van der Waals surface area contributed by atoms with Gasteiger partial charge in [0.05, 0.1) is 23.3 Å². The second kappa shape index (κ2) is 8.30. The topological polar surface area (TPSA) is 101 Å². The van der Waals surface area contributed by atoms with Gasteiger partial charge in [-0.3, -0.25) is 4.79 Å². The number of amides is 1. The number of amidine groups is 1. The molecule has 30 heavy (non-hydrogen) atoms. The van der Waals surface area contributed by atoms with Gasteiger partial charge < -0.3 is 19.6 Å². The highest BCUT2D eigenvalue weighted by Crippen LogP contribution is 2.31. The van der Waals surface area contributed by atoms with Crippen LogP contribution in [0.5, 0.6) is 5.75 Å². The van der Waals surface area contributed by atoms with Crippen LogP contribution in [-0.4, -0.2) is 29.3 Å². The minimum absolute atomic E-state index is 0.207. The van der Waals surface area contributed by atoms with Crippen LogP contribution in [0.25, 0.3) is 17.4 Å². The highest BCUT2D eigenvalue weighted by molar-refractivity contribution is 8.18. The second-order valence-corrected chi connectivity index (χ2v) is 7.28. The lowest BCUT2D eigenvalue weighted by Crippen LogP contribution is -2.18. The molecule has 0 saturated carbocycles. The van der Waals surface area contributed by atoms with Crippen LogP contribution in [0.15, 0.2) is 75.0 Å². The van der Waals surface area contributed by atoms with Gasteiger partial charge in [-0.25, -0.2) is 9.79 Å². The predicted octanol–water partition coefficient (Wildman–Crippen LogP) is 5.18. The number of carboxylic acid groups (broad SMARTS) is 1. The quantitative estimate of drug-likeness (QED) is 0.590. The van der Waals surface area contributed by atoms with Gasteiger partial charge in [0.2, 0.25) is 0 Å². The van der Waals surface area contributed by atoms with Crippen molar-refractivity contribution in [2.75, 3.05) is 7.11 Å². The first kappa shape index (κ1) is 19.5. The minimum Gasteiger partial charge on any atom is -0.497 e. The Kier molecular flexibility index (Phi) is 5.40.